The lowest BCUT2D eigenvalue weighted by atomic mass is 9.91. The fourth-order valence-corrected chi connectivity index (χ4v) is 5.33. The molecule has 1 spiro atoms. The second kappa shape index (κ2) is 8.89. The van der Waals surface area contributed by atoms with Crippen LogP contribution in [0.15, 0.2) is 36.4 Å². The number of ether oxygens (including phenoxy) is 2. The number of rotatable bonds is 4. The van der Waals surface area contributed by atoms with Gasteiger partial charge in [-0.25, -0.2) is 18.9 Å². The van der Waals surface area contributed by atoms with Crippen molar-refractivity contribution < 1.29 is 33.0 Å². The van der Waals surface area contributed by atoms with E-state index in [0.717, 1.165) is 4.90 Å². The molecule has 6 rings (SSSR count). The molecule has 4 aliphatic rings. The molecule has 1 unspecified atom stereocenters. The second-order valence-electron chi connectivity index (χ2n) is 9.86. The highest BCUT2D eigenvalue weighted by atomic mass is 19.1. The van der Waals surface area contributed by atoms with Crippen LogP contribution in [0.3, 0.4) is 0 Å². The molecule has 2 fully saturated rings. The summed E-state index contributed by atoms with van der Waals surface area (Å²) in [5, 5.41) is 7.88. The van der Waals surface area contributed by atoms with Gasteiger partial charge in [0.15, 0.2) is 5.54 Å². The van der Waals surface area contributed by atoms with Gasteiger partial charge in [0.1, 0.15) is 36.6 Å². The Balaban J connectivity index is 1.28. The molecule has 2 aromatic rings. The Bertz CT molecular complexity index is 1360. The van der Waals surface area contributed by atoms with Crippen LogP contribution in [-0.2, 0) is 21.7 Å². The summed E-state index contributed by atoms with van der Waals surface area (Å²) in [7, 11) is 1.49. The summed E-state index contributed by atoms with van der Waals surface area (Å²) < 4.78 is 25.4. The zero-order valence-electron chi connectivity index (χ0n) is 20.6. The number of urea groups is 2. The van der Waals surface area contributed by atoms with Crippen molar-refractivity contribution in [3.8, 4) is 11.5 Å². The van der Waals surface area contributed by atoms with E-state index in [1.165, 1.54) is 30.1 Å². The maximum atomic E-state index is 13.9. The summed E-state index contributed by atoms with van der Waals surface area (Å²) in [5.41, 5.74) is -0.0307. The number of fused-ring (bicyclic) bond motifs is 3. The van der Waals surface area contributed by atoms with Crippen molar-refractivity contribution in [2.75, 3.05) is 32.1 Å². The van der Waals surface area contributed by atoms with Gasteiger partial charge in [0, 0.05) is 36.5 Å². The molecule has 0 bridgehead atoms. The number of imide groups is 1. The first-order chi connectivity index (χ1) is 18.3. The number of carbonyl (C=O) groups is 4. The van der Waals surface area contributed by atoms with Crippen molar-refractivity contribution in [2.45, 2.75) is 31.0 Å². The largest absolute Gasteiger partial charge is 0.491 e. The summed E-state index contributed by atoms with van der Waals surface area (Å²) in [6.45, 7) is 0.416. The number of nitrogens with one attached hydrogen (secondary N) is 3. The number of carbonyl (C=O) groups excluding carboxylic acids is 4. The molecule has 198 valence electrons. The summed E-state index contributed by atoms with van der Waals surface area (Å²) in [5.74, 6) is -0.681. The van der Waals surface area contributed by atoms with Crippen molar-refractivity contribution in [3.63, 3.8) is 0 Å². The van der Waals surface area contributed by atoms with Gasteiger partial charge in [0.05, 0.1) is 6.54 Å². The van der Waals surface area contributed by atoms with Gasteiger partial charge in [-0.05, 0) is 43.0 Å². The molecule has 0 radical (unpaired) electrons. The molecular weight excluding hydrogens is 497 g/mol. The highest BCUT2D eigenvalue weighted by Gasteiger charge is 2.61. The Kier molecular flexibility index (Phi) is 5.62. The van der Waals surface area contributed by atoms with Crippen molar-refractivity contribution >= 4 is 29.6 Å². The maximum Gasteiger partial charge on any atom is 0.326 e. The van der Waals surface area contributed by atoms with E-state index in [2.05, 4.69) is 16.0 Å². The Morgan fingerprint density at radius 2 is 1.95 bits per heavy atom. The highest BCUT2D eigenvalue weighted by molar-refractivity contribution is 6.11. The lowest BCUT2D eigenvalue weighted by molar-refractivity contribution is -0.145. The van der Waals surface area contributed by atoms with E-state index in [4.69, 9.17) is 9.47 Å². The third-order valence-electron chi connectivity index (χ3n) is 7.41. The van der Waals surface area contributed by atoms with Gasteiger partial charge in [-0.15, -0.1) is 0 Å². The van der Waals surface area contributed by atoms with Gasteiger partial charge in [0.2, 0.25) is 5.91 Å². The molecule has 6 amide bonds. The predicted octanol–water partition coefficient (Wildman–Crippen LogP) is 1.92. The minimum atomic E-state index is -1.47. The quantitative estimate of drug-likeness (QED) is 0.525. The minimum absolute atomic E-state index is 0.108. The Morgan fingerprint density at radius 1 is 1.13 bits per heavy atom. The molecule has 1 aliphatic carbocycles. The van der Waals surface area contributed by atoms with Gasteiger partial charge < -0.3 is 30.3 Å². The maximum absolute atomic E-state index is 13.9. The molecular formula is C26H26FN5O6. The van der Waals surface area contributed by atoms with Gasteiger partial charge in [-0.3, -0.25) is 9.59 Å². The third-order valence-corrected chi connectivity index (χ3v) is 7.41. The predicted molar refractivity (Wildman–Crippen MR) is 131 cm³/mol. The fourth-order valence-electron chi connectivity index (χ4n) is 5.33. The number of hydrogen-bond donors (Lipinski definition) is 3. The van der Waals surface area contributed by atoms with Crippen LogP contribution in [0.5, 0.6) is 11.5 Å². The van der Waals surface area contributed by atoms with Crippen LogP contribution in [0.1, 0.15) is 24.0 Å². The molecule has 3 heterocycles. The van der Waals surface area contributed by atoms with Crippen molar-refractivity contribution in [2.24, 2.45) is 5.92 Å². The van der Waals surface area contributed by atoms with E-state index in [0.29, 0.717) is 41.2 Å². The average molecular weight is 524 g/mol. The number of nitrogens with zero attached hydrogens (tertiary/aromatic N) is 2. The van der Waals surface area contributed by atoms with E-state index >= 15 is 0 Å². The van der Waals surface area contributed by atoms with E-state index < -0.39 is 35.4 Å². The first-order valence-electron chi connectivity index (χ1n) is 12.4. The molecule has 0 aromatic heterocycles. The van der Waals surface area contributed by atoms with E-state index in [1.54, 1.807) is 18.2 Å². The zero-order valence-corrected chi connectivity index (χ0v) is 20.6. The summed E-state index contributed by atoms with van der Waals surface area (Å²) in [6.07, 6.45) is 1.41. The number of anilines is 1. The Hall–Kier alpha value is -4.35. The van der Waals surface area contributed by atoms with Crippen LogP contribution in [0.4, 0.5) is 19.7 Å². The van der Waals surface area contributed by atoms with Crippen LogP contribution in [0.25, 0.3) is 0 Å². The average Bonchev–Trinajstić information content (AvgIpc) is 3.66. The lowest BCUT2D eigenvalue weighted by Gasteiger charge is -2.30. The highest BCUT2D eigenvalue weighted by Crippen LogP contribution is 2.45. The molecule has 1 saturated carbocycles. The van der Waals surface area contributed by atoms with Crippen molar-refractivity contribution in [1.29, 1.82) is 0 Å². The number of benzene rings is 2. The molecule has 38 heavy (non-hydrogen) atoms. The van der Waals surface area contributed by atoms with Crippen LogP contribution in [0.2, 0.25) is 0 Å². The van der Waals surface area contributed by atoms with Crippen LogP contribution >= 0.6 is 0 Å². The van der Waals surface area contributed by atoms with Crippen LogP contribution in [0, 0.1) is 11.7 Å². The topological polar surface area (TPSA) is 129 Å². The molecule has 3 aliphatic heterocycles. The van der Waals surface area contributed by atoms with E-state index in [9.17, 15) is 23.6 Å². The van der Waals surface area contributed by atoms with E-state index in [-0.39, 0.29) is 38.1 Å². The zero-order chi connectivity index (χ0) is 26.6. The first kappa shape index (κ1) is 24.0. The molecule has 11 nitrogen and oxygen atoms in total. The Labute approximate surface area is 217 Å². The minimum Gasteiger partial charge on any atom is -0.491 e. The lowest BCUT2D eigenvalue weighted by Crippen LogP contribution is -2.53. The molecule has 2 atom stereocenters. The van der Waals surface area contributed by atoms with Crippen LogP contribution in [-0.4, -0.2) is 66.5 Å². The van der Waals surface area contributed by atoms with Gasteiger partial charge in [-0.1, -0.05) is 6.07 Å². The summed E-state index contributed by atoms with van der Waals surface area (Å²) in [4.78, 5) is 55.3. The molecule has 3 N–H and O–H groups in total. The van der Waals surface area contributed by atoms with Crippen molar-refractivity contribution in [3.05, 3.63) is 53.3 Å². The number of halogens is 1. The van der Waals surface area contributed by atoms with Gasteiger partial charge >= 0.3 is 12.1 Å². The molecule has 12 heteroatoms. The summed E-state index contributed by atoms with van der Waals surface area (Å²) >= 11 is 0. The van der Waals surface area contributed by atoms with Crippen LogP contribution < -0.4 is 25.4 Å². The third kappa shape index (κ3) is 3.87. The monoisotopic (exact) mass is 523 g/mol. The fraction of sp³-hybridized carbons (Fsp3) is 0.385. The molecule has 2 aromatic carbocycles. The first-order valence-corrected chi connectivity index (χ1v) is 12.4. The summed E-state index contributed by atoms with van der Waals surface area (Å²) in [6, 6.07) is 6.92. The van der Waals surface area contributed by atoms with E-state index in [1.807, 2.05) is 0 Å². The van der Waals surface area contributed by atoms with Gasteiger partial charge in [0.25, 0.3) is 5.91 Å². The van der Waals surface area contributed by atoms with Gasteiger partial charge in [-0.2, -0.15) is 0 Å². The standard InChI is InChI=1S/C26H26FN5O6/c1-28-24(35)29-17-5-6-18-20(11-17)38-13-26(18)23(34)32(25(36)30-26)21(14-2-3-14)22(33)31-8-9-37-19-7-4-16(27)10-15(19)12-31/h4-7,10-11,14,21H,2-3,8-9,12-13H2,1H3,(H,30,36)(H2,28,29,35)/t21?,26-/m0/s1. The number of amides is 6. The second-order valence-corrected chi connectivity index (χ2v) is 9.86. The van der Waals surface area contributed by atoms with Crippen molar-refractivity contribution in [1.82, 2.24) is 20.4 Å². The normalized spacial score (nSPS) is 22.6. The SMILES string of the molecule is CNC(=O)Nc1ccc2c(c1)OC[C@]21NC(=O)N(C(C(=O)N2CCOc3ccc(F)cc3C2)C2CC2)C1=O. The molecule has 1 saturated heterocycles. The Morgan fingerprint density at radius 3 is 2.71 bits per heavy atom. The number of hydrogen-bond acceptors (Lipinski definition) is 6. The smallest absolute Gasteiger partial charge is 0.326 e.